The highest BCUT2D eigenvalue weighted by Crippen LogP contribution is 2.47. The summed E-state index contributed by atoms with van der Waals surface area (Å²) in [4.78, 5) is 12.5. The fraction of sp³-hybridized carbons (Fsp3) is 0.500. The van der Waals surface area contributed by atoms with Crippen LogP contribution in [-0.2, 0) is 15.7 Å². The Balaban J connectivity index is 2.07. The van der Waals surface area contributed by atoms with Crippen molar-refractivity contribution in [2.24, 2.45) is 0 Å². The van der Waals surface area contributed by atoms with E-state index in [0.717, 1.165) is 17.0 Å². The molecule has 0 aliphatic carbocycles. The Hall–Kier alpha value is -1.97. The van der Waals surface area contributed by atoms with Crippen LogP contribution in [0.25, 0.3) is 0 Å². The topological polar surface area (TPSA) is 41.6 Å². The smallest absolute Gasteiger partial charge is 0.414 e. The lowest BCUT2D eigenvalue weighted by atomic mass is 10.1. The van der Waals surface area contributed by atoms with Crippen LogP contribution in [0.4, 0.5) is 32.0 Å². The SMILES string of the molecule is O=C1O[C@@](Nc2ccccc2C(F)(F)F)(C(F)(F)F)N2CCC[C@H]12. The molecule has 24 heavy (non-hydrogen) atoms. The van der Waals surface area contributed by atoms with Gasteiger partial charge in [0.05, 0.1) is 11.3 Å². The molecule has 4 nitrogen and oxygen atoms in total. The van der Waals surface area contributed by atoms with Gasteiger partial charge in [0.15, 0.2) is 0 Å². The summed E-state index contributed by atoms with van der Waals surface area (Å²) in [6.45, 7) is -0.114. The van der Waals surface area contributed by atoms with Crippen molar-refractivity contribution in [1.82, 2.24) is 4.90 Å². The number of carbonyl (C=O) groups is 1. The summed E-state index contributed by atoms with van der Waals surface area (Å²) in [7, 11) is 0. The van der Waals surface area contributed by atoms with Crippen LogP contribution in [0.5, 0.6) is 0 Å². The van der Waals surface area contributed by atoms with E-state index in [4.69, 9.17) is 0 Å². The predicted octanol–water partition coefficient (Wildman–Crippen LogP) is 3.35. The third-order valence-corrected chi connectivity index (χ3v) is 4.10. The first-order valence-corrected chi connectivity index (χ1v) is 7.07. The van der Waals surface area contributed by atoms with E-state index >= 15 is 0 Å². The maximum Gasteiger partial charge on any atom is 0.465 e. The Bertz CT molecular complexity index is 659. The summed E-state index contributed by atoms with van der Waals surface area (Å²) in [5.41, 5.74) is -2.07. The molecule has 2 aliphatic heterocycles. The monoisotopic (exact) mass is 354 g/mol. The Kier molecular flexibility index (Phi) is 3.70. The molecule has 10 heteroatoms. The number of rotatable bonds is 2. The maximum atomic E-state index is 13.7. The Morgan fingerprint density at radius 1 is 1.17 bits per heavy atom. The molecule has 0 radical (unpaired) electrons. The molecule has 2 aliphatic rings. The van der Waals surface area contributed by atoms with Gasteiger partial charge in [0.25, 0.3) is 0 Å². The van der Waals surface area contributed by atoms with E-state index in [2.05, 4.69) is 4.74 Å². The molecule has 2 saturated heterocycles. The fourth-order valence-corrected chi connectivity index (χ4v) is 3.07. The Morgan fingerprint density at radius 2 is 1.83 bits per heavy atom. The van der Waals surface area contributed by atoms with Crippen molar-refractivity contribution in [1.29, 1.82) is 0 Å². The minimum absolute atomic E-state index is 0.114. The van der Waals surface area contributed by atoms with Crippen LogP contribution in [0.3, 0.4) is 0 Å². The average Bonchev–Trinajstić information content (AvgIpc) is 3.02. The lowest BCUT2D eigenvalue weighted by Gasteiger charge is -2.38. The molecule has 1 aromatic rings. The van der Waals surface area contributed by atoms with Gasteiger partial charge in [0.1, 0.15) is 6.04 Å². The van der Waals surface area contributed by atoms with Crippen LogP contribution >= 0.6 is 0 Å². The number of carbonyl (C=O) groups excluding carboxylic acids is 1. The number of hydrogen-bond acceptors (Lipinski definition) is 4. The van der Waals surface area contributed by atoms with E-state index in [9.17, 15) is 31.1 Å². The largest absolute Gasteiger partial charge is 0.465 e. The third kappa shape index (κ3) is 2.48. The number of nitrogens with one attached hydrogen (secondary N) is 1. The van der Waals surface area contributed by atoms with E-state index in [1.54, 1.807) is 0 Å². The van der Waals surface area contributed by atoms with Crippen molar-refractivity contribution in [3.63, 3.8) is 0 Å². The standard InChI is InChI=1S/C14H12F6N2O2/c15-12(16,17)8-4-1-2-5-9(8)21-14(13(18,19)20)22-7-3-6-10(22)11(23)24-14/h1-2,4-5,10,21H,3,6-7H2/t10-,14-/m1/s1. The van der Waals surface area contributed by atoms with Crippen LogP contribution in [0.2, 0.25) is 0 Å². The molecule has 1 aromatic carbocycles. The van der Waals surface area contributed by atoms with Crippen molar-refractivity contribution >= 4 is 11.7 Å². The van der Waals surface area contributed by atoms with Gasteiger partial charge >= 0.3 is 24.2 Å². The fourth-order valence-electron chi connectivity index (χ4n) is 3.07. The summed E-state index contributed by atoms with van der Waals surface area (Å²) >= 11 is 0. The number of hydrogen-bond donors (Lipinski definition) is 1. The number of ether oxygens (including phenoxy) is 1. The minimum atomic E-state index is -5.12. The molecule has 0 bridgehead atoms. The molecule has 3 rings (SSSR count). The van der Waals surface area contributed by atoms with Gasteiger partial charge in [0, 0.05) is 6.54 Å². The molecule has 0 amide bonds. The predicted molar refractivity (Wildman–Crippen MR) is 69.7 cm³/mol. The highest BCUT2D eigenvalue weighted by atomic mass is 19.4. The summed E-state index contributed by atoms with van der Waals surface area (Å²) < 4.78 is 84.7. The maximum absolute atomic E-state index is 13.7. The second-order valence-corrected chi connectivity index (χ2v) is 5.58. The molecule has 2 atom stereocenters. The zero-order valence-electron chi connectivity index (χ0n) is 12.0. The van der Waals surface area contributed by atoms with Crippen LogP contribution in [0, 0.1) is 0 Å². The number of anilines is 1. The van der Waals surface area contributed by atoms with Gasteiger partial charge < -0.3 is 10.1 Å². The Labute approximate surface area is 132 Å². The molecular weight excluding hydrogens is 342 g/mol. The number of fused-ring (bicyclic) bond motifs is 1. The zero-order chi connectivity index (χ0) is 17.8. The molecule has 0 spiro atoms. The normalized spacial score (nSPS) is 27.9. The lowest BCUT2D eigenvalue weighted by Crippen LogP contribution is -2.62. The zero-order valence-corrected chi connectivity index (χ0v) is 12.0. The van der Waals surface area contributed by atoms with Gasteiger partial charge in [-0.05, 0) is 25.0 Å². The molecule has 2 heterocycles. The first-order chi connectivity index (χ1) is 11.1. The summed E-state index contributed by atoms with van der Waals surface area (Å²) in [6.07, 6.45) is -9.50. The molecule has 132 valence electrons. The van der Waals surface area contributed by atoms with E-state index in [-0.39, 0.29) is 13.0 Å². The van der Waals surface area contributed by atoms with Crippen LogP contribution in [-0.4, -0.2) is 35.5 Å². The number of para-hydroxylation sites is 1. The quantitative estimate of drug-likeness (QED) is 0.653. The summed E-state index contributed by atoms with van der Waals surface area (Å²) in [5, 5.41) is 1.81. The van der Waals surface area contributed by atoms with E-state index in [1.807, 2.05) is 5.32 Å². The molecule has 0 saturated carbocycles. The van der Waals surface area contributed by atoms with E-state index < -0.39 is 41.5 Å². The number of alkyl halides is 6. The minimum Gasteiger partial charge on any atom is -0.414 e. The van der Waals surface area contributed by atoms with Crippen molar-refractivity contribution in [2.45, 2.75) is 37.1 Å². The number of esters is 1. The van der Waals surface area contributed by atoms with Gasteiger partial charge in [-0.25, -0.2) is 4.90 Å². The van der Waals surface area contributed by atoms with Crippen LogP contribution in [0.15, 0.2) is 24.3 Å². The van der Waals surface area contributed by atoms with Gasteiger partial charge in [0.2, 0.25) is 0 Å². The van der Waals surface area contributed by atoms with Crippen LogP contribution in [0.1, 0.15) is 18.4 Å². The highest BCUT2D eigenvalue weighted by molar-refractivity contribution is 5.79. The molecule has 0 unspecified atom stereocenters. The summed E-state index contributed by atoms with van der Waals surface area (Å²) in [5.74, 6) is -4.39. The van der Waals surface area contributed by atoms with Crippen LogP contribution < -0.4 is 5.32 Å². The van der Waals surface area contributed by atoms with E-state index in [1.165, 1.54) is 6.07 Å². The lowest BCUT2D eigenvalue weighted by molar-refractivity contribution is -0.286. The third-order valence-electron chi connectivity index (χ3n) is 4.10. The van der Waals surface area contributed by atoms with Gasteiger partial charge in [-0.3, -0.25) is 4.79 Å². The molecule has 0 aromatic heterocycles. The molecule has 1 N–H and O–H groups in total. The molecule has 2 fully saturated rings. The molecular formula is C14H12F6N2O2. The average molecular weight is 354 g/mol. The Morgan fingerprint density at radius 3 is 2.46 bits per heavy atom. The number of halogens is 6. The van der Waals surface area contributed by atoms with E-state index in [0.29, 0.717) is 12.5 Å². The van der Waals surface area contributed by atoms with Gasteiger partial charge in [-0.1, -0.05) is 12.1 Å². The summed E-state index contributed by atoms with van der Waals surface area (Å²) in [6, 6.07) is 2.64. The first-order valence-electron chi connectivity index (χ1n) is 7.07. The first kappa shape index (κ1) is 16.9. The second-order valence-electron chi connectivity index (χ2n) is 5.58. The van der Waals surface area contributed by atoms with Crippen molar-refractivity contribution < 1.29 is 35.9 Å². The highest BCUT2D eigenvalue weighted by Gasteiger charge is 2.70. The number of benzene rings is 1. The van der Waals surface area contributed by atoms with Crippen molar-refractivity contribution in [3.8, 4) is 0 Å². The second kappa shape index (κ2) is 5.27. The van der Waals surface area contributed by atoms with Crippen molar-refractivity contribution in [3.05, 3.63) is 29.8 Å². The van der Waals surface area contributed by atoms with Gasteiger partial charge in [-0.2, -0.15) is 26.3 Å². The number of nitrogens with zero attached hydrogens (tertiary/aromatic N) is 1. The van der Waals surface area contributed by atoms with Crippen molar-refractivity contribution in [2.75, 3.05) is 11.9 Å². The van der Waals surface area contributed by atoms with Gasteiger partial charge in [-0.15, -0.1) is 0 Å². The number of cyclic esters (lactones) is 1.